The molecule has 5 nitrogen and oxygen atoms in total. The lowest BCUT2D eigenvalue weighted by Crippen LogP contribution is -2.45. The first-order chi connectivity index (χ1) is 6.43. The molecule has 2 atom stereocenters. The second kappa shape index (κ2) is 4.06. The van der Waals surface area contributed by atoms with E-state index in [2.05, 4.69) is 0 Å². The highest BCUT2D eigenvalue weighted by Gasteiger charge is 2.36. The average molecular weight is 202 g/mol. The molecule has 0 aromatic rings. The van der Waals surface area contributed by atoms with E-state index in [0.29, 0.717) is 12.7 Å². The van der Waals surface area contributed by atoms with E-state index in [1.54, 1.807) is 13.8 Å². The van der Waals surface area contributed by atoms with Gasteiger partial charge in [-0.3, -0.25) is 4.79 Å². The molecule has 1 saturated heterocycles. The van der Waals surface area contributed by atoms with Crippen molar-refractivity contribution in [3.63, 3.8) is 0 Å². The SMILES string of the molecule is CC1(C)OC(C=O)CC(CC(=O)O)O1. The number of aliphatic carboxylic acids is 1. The third-order valence-corrected chi connectivity index (χ3v) is 1.93. The van der Waals surface area contributed by atoms with E-state index >= 15 is 0 Å². The van der Waals surface area contributed by atoms with Crippen LogP contribution in [0.3, 0.4) is 0 Å². The lowest BCUT2D eigenvalue weighted by Gasteiger charge is -2.38. The second-order valence-corrected chi connectivity index (χ2v) is 3.77. The van der Waals surface area contributed by atoms with Crippen LogP contribution >= 0.6 is 0 Å². The molecule has 0 saturated carbocycles. The van der Waals surface area contributed by atoms with Crippen molar-refractivity contribution in [2.24, 2.45) is 0 Å². The Morgan fingerprint density at radius 3 is 2.71 bits per heavy atom. The smallest absolute Gasteiger partial charge is 0.305 e. The zero-order valence-electron chi connectivity index (χ0n) is 8.23. The maximum atomic E-state index is 10.6. The summed E-state index contributed by atoms with van der Waals surface area (Å²) in [5, 5.41) is 8.59. The Morgan fingerprint density at radius 1 is 1.57 bits per heavy atom. The van der Waals surface area contributed by atoms with Crippen LogP contribution in [-0.2, 0) is 19.1 Å². The average Bonchev–Trinajstić information content (AvgIpc) is 1.99. The number of carboxylic acid groups (broad SMARTS) is 1. The minimum Gasteiger partial charge on any atom is -0.481 e. The van der Waals surface area contributed by atoms with E-state index in [9.17, 15) is 9.59 Å². The van der Waals surface area contributed by atoms with Gasteiger partial charge in [0.05, 0.1) is 12.5 Å². The summed E-state index contributed by atoms with van der Waals surface area (Å²) in [7, 11) is 0. The van der Waals surface area contributed by atoms with Crippen LogP contribution in [0.2, 0.25) is 0 Å². The number of carbonyl (C=O) groups excluding carboxylic acids is 1. The minimum atomic E-state index is -0.933. The van der Waals surface area contributed by atoms with Crippen LogP contribution in [0.4, 0.5) is 0 Å². The largest absolute Gasteiger partial charge is 0.481 e. The van der Waals surface area contributed by atoms with Crippen LogP contribution in [0.25, 0.3) is 0 Å². The molecule has 1 rings (SSSR count). The Bertz CT molecular complexity index is 235. The molecule has 1 aliphatic rings. The van der Waals surface area contributed by atoms with Gasteiger partial charge in [0, 0.05) is 6.42 Å². The topological polar surface area (TPSA) is 72.8 Å². The first kappa shape index (κ1) is 11.1. The van der Waals surface area contributed by atoms with Gasteiger partial charge in [-0.25, -0.2) is 0 Å². The maximum Gasteiger partial charge on any atom is 0.305 e. The van der Waals surface area contributed by atoms with Gasteiger partial charge in [0.25, 0.3) is 0 Å². The molecule has 2 unspecified atom stereocenters. The van der Waals surface area contributed by atoms with E-state index in [1.807, 2.05) is 0 Å². The van der Waals surface area contributed by atoms with E-state index in [1.165, 1.54) is 0 Å². The van der Waals surface area contributed by atoms with Crippen molar-refractivity contribution in [3.05, 3.63) is 0 Å². The summed E-state index contributed by atoms with van der Waals surface area (Å²) >= 11 is 0. The molecule has 5 heteroatoms. The summed E-state index contributed by atoms with van der Waals surface area (Å²) < 4.78 is 10.6. The van der Waals surface area contributed by atoms with Gasteiger partial charge >= 0.3 is 5.97 Å². The summed E-state index contributed by atoms with van der Waals surface area (Å²) in [6.07, 6.45) is -0.135. The molecule has 0 aromatic heterocycles. The molecular weight excluding hydrogens is 188 g/mol. The van der Waals surface area contributed by atoms with Gasteiger partial charge in [-0.15, -0.1) is 0 Å². The summed E-state index contributed by atoms with van der Waals surface area (Å²) in [5.41, 5.74) is 0. The van der Waals surface area contributed by atoms with E-state index in [4.69, 9.17) is 14.6 Å². The lowest BCUT2D eigenvalue weighted by atomic mass is 10.1. The molecular formula is C9H14O5. The van der Waals surface area contributed by atoms with Gasteiger partial charge in [0.1, 0.15) is 12.4 Å². The van der Waals surface area contributed by atoms with E-state index in [0.717, 1.165) is 0 Å². The molecule has 80 valence electrons. The van der Waals surface area contributed by atoms with Crippen molar-refractivity contribution >= 4 is 12.3 Å². The quantitative estimate of drug-likeness (QED) is 0.677. The van der Waals surface area contributed by atoms with Crippen LogP contribution in [0.5, 0.6) is 0 Å². The molecule has 0 spiro atoms. The number of hydrogen-bond acceptors (Lipinski definition) is 4. The monoisotopic (exact) mass is 202 g/mol. The molecule has 1 aliphatic heterocycles. The van der Waals surface area contributed by atoms with Gasteiger partial charge in [-0.1, -0.05) is 0 Å². The normalized spacial score (nSPS) is 31.0. The standard InChI is InChI=1S/C9H14O5/c1-9(2)13-6(4-8(11)12)3-7(5-10)14-9/h5-7H,3-4H2,1-2H3,(H,11,12). The van der Waals surface area contributed by atoms with Gasteiger partial charge in [-0.2, -0.15) is 0 Å². The zero-order chi connectivity index (χ0) is 10.8. The van der Waals surface area contributed by atoms with Gasteiger partial charge in [0.2, 0.25) is 0 Å². The molecule has 0 bridgehead atoms. The van der Waals surface area contributed by atoms with Crippen LogP contribution in [-0.4, -0.2) is 35.4 Å². The highest BCUT2D eigenvalue weighted by atomic mass is 16.7. The van der Waals surface area contributed by atoms with Crippen molar-refractivity contribution in [1.82, 2.24) is 0 Å². The fourth-order valence-corrected chi connectivity index (χ4v) is 1.55. The Morgan fingerprint density at radius 2 is 2.21 bits per heavy atom. The Kier molecular flexibility index (Phi) is 3.23. The Balaban J connectivity index is 2.60. The first-order valence-electron chi connectivity index (χ1n) is 4.45. The predicted molar refractivity (Wildman–Crippen MR) is 46.8 cm³/mol. The van der Waals surface area contributed by atoms with Crippen molar-refractivity contribution < 1.29 is 24.2 Å². The Labute approximate surface area is 82.0 Å². The highest BCUT2D eigenvalue weighted by molar-refractivity contribution is 5.67. The second-order valence-electron chi connectivity index (χ2n) is 3.77. The fraction of sp³-hybridized carbons (Fsp3) is 0.778. The van der Waals surface area contributed by atoms with E-state index < -0.39 is 24.0 Å². The fourth-order valence-electron chi connectivity index (χ4n) is 1.55. The van der Waals surface area contributed by atoms with Crippen molar-refractivity contribution in [1.29, 1.82) is 0 Å². The minimum absolute atomic E-state index is 0.100. The zero-order valence-corrected chi connectivity index (χ0v) is 8.23. The first-order valence-corrected chi connectivity index (χ1v) is 4.45. The van der Waals surface area contributed by atoms with Crippen molar-refractivity contribution in [3.8, 4) is 0 Å². The third kappa shape index (κ3) is 3.08. The summed E-state index contributed by atoms with van der Waals surface area (Å²) in [6.45, 7) is 3.33. The van der Waals surface area contributed by atoms with Crippen LogP contribution in [0.1, 0.15) is 26.7 Å². The maximum absolute atomic E-state index is 10.6. The number of aldehydes is 1. The summed E-state index contributed by atoms with van der Waals surface area (Å²) in [4.78, 5) is 21.0. The van der Waals surface area contributed by atoms with Crippen molar-refractivity contribution in [2.45, 2.75) is 44.7 Å². The van der Waals surface area contributed by atoms with E-state index in [-0.39, 0.29) is 6.42 Å². The summed E-state index contributed by atoms with van der Waals surface area (Å²) in [6, 6.07) is 0. The summed E-state index contributed by atoms with van der Waals surface area (Å²) in [5.74, 6) is -1.82. The van der Waals surface area contributed by atoms with Gasteiger partial charge in [0.15, 0.2) is 5.79 Å². The number of carboxylic acids is 1. The van der Waals surface area contributed by atoms with Crippen LogP contribution < -0.4 is 0 Å². The Hall–Kier alpha value is -0.940. The van der Waals surface area contributed by atoms with Crippen LogP contribution in [0.15, 0.2) is 0 Å². The molecule has 1 fully saturated rings. The molecule has 0 aromatic carbocycles. The number of carbonyl (C=O) groups is 2. The molecule has 1 heterocycles. The van der Waals surface area contributed by atoms with Crippen LogP contribution in [0, 0.1) is 0 Å². The van der Waals surface area contributed by atoms with Gasteiger partial charge < -0.3 is 19.4 Å². The number of ether oxygens (including phenoxy) is 2. The number of hydrogen-bond donors (Lipinski definition) is 1. The molecule has 14 heavy (non-hydrogen) atoms. The van der Waals surface area contributed by atoms with Gasteiger partial charge in [-0.05, 0) is 13.8 Å². The van der Waals surface area contributed by atoms with Crippen molar-refractivity contribution in [2.75, 3.05) is 0 Å². The third-order valence-electron chi connectivity index (χ3n) is 1.93. The lowest BCUT2D eigenvalue weighted by molar-refractivity contribution is -0.291. The molecule has 0 amide bonds. The predicted octanol–water partition coefficient (Wildman–Crippen LogP) is 0.570. The molecule has 0 aliphatic carbocycles. The number of rotatable bonds is 3. The highest BCUT2D eigenvalue weighted by Crippen LogP contribution is 2.27. The molecule has 1 N–H and O–H groups in total. The molecule has 0 radical (unpaired) electrons.